The molecule has 0 unspecified atom stereocenters. The molecule has 2 amide bonds. The summed E-state index contributed by atoms with van der Waals surface area (Å²) in [7, 11) is 0. The van der Waals surface area contributed by atoms with Gasteiger partial charge in [-0.2, -0.15) is 0 Å². The molecular formula is C43H72N2O35. The molecule has 6 aliphatic rings. The van der Waals surface area contributed by atoms with E-state index in [4.69, 9.17) is 52.1 Å². The third-order valence-corrected chi connectivity index (χ3v) is 14.3. The first-order chi connectivity index (χ1) is 37.8. The Morgan fingerprint density at radius 2 is 0.950 bits per heavy atom. The molecule has 6 fully saturated rings. The Morgan fingerprint density at radius 3 is 1.45 bits per heavy atom. The summed E-state index contributed by atoms with van der Waals surface area (Å²) >= 11 is 0. The molecule has 6 rings (SSSR count). The Bertz CT molecular complexity index is 1990. The van der Waals surface area contributed by atoms with Gasteiger partial charge in [0.2, 0.25) is 11.8 Å². The Hall–Kier alpha value is -2.83. The fourth-order valence-electron chi connectivity index (χ4n) is 10.0. The van der Waals surface area contributed by atoms with Crippen molar-refractivity contribution in [1.29, 1.82) is 0 Å². The summed E-state index contributed by atoms with van der Waals surface area (Å²) in [5.41, 5.74) is 0. The van der Waals surface area contributed by atoms with Crippen molar-refractivity contribution in [2.75, 3.05) is 46.2 Å². The number of aliphatic hydroxyl groups excluding tert-OH is 20. The zero-order chi connectivity index (χ0) is 59.4. The summed E-state index contributed by atoms with van der Waals surface area (Å²) in [5.74, 6) is -7.59. The summed E-state index contributed by atoms with van der Waals surface area (Å²) < 4.78 is 62.1. The van der Waals surface area contributed by atoms with Gasteiger partial charge in [0.15, 0.2) is 31.5 Å². The molecular weight excluding hydrogens is 1100 g/mol. The third-order valence-electron chi connectivity index (χ3n) is 14.3. The van der Waals surface area contributed by atoms with Crippen LogP contribution >= 0.6 is 0 Å². The van der Waals surface area contributed by atoms with Gasteiger partial charge in [0, 0.05) is 13.3 Å². The van der Waals surface area contributed by atoms with Crippen LogP contribution in [0.4, 0.5) is 0 Å². The van der Waals surface area contributed by atoms with Gasteiger partial charge in [0.1, 0.15) is 147 Å². The fraction of sp³-hybridized carbons (Fsp3) is 0.930. The SMILES string of the molecule is CC(=O)N[C@H]1[C@H](O[C@H]2[C@@H](O)[C@@H](CO)O[C@H](O[C@@H]3[C@H](O)[C@@H](O)[C@H](O[C@H]4[C@H](O)[C@@H](O)[C@H](O)O[C@@H]4CO)O[C@@H]3CO)[C@@H]2O)O[C@H](CO)[C@H](O)[C@@H]1O[C@@H]1O[C@H](CO)[C@H](O)[C@H](O[C@]2(C(=O)O)C[C@H](O)[C@@H](NC(=O)CO)[C@H]([C@H](O)[C@H](O)CO)O2)[C@H]1O. The monoisotopic (exact) mass is 1180 g/mol. The number of ether oxygens (including phenoxy) is 11. The van der Waals surface area contributed by atoms with Crippen LogP contribution in [0.1, 0.15) is 13.3 Å². The number of aliphatic carboxylic acids is 1. The third kappa shape index (κ3) is 14.0. The van der Waals surface area contributed by atoms with E-state index in [0.717, 1.165) is 6.92 Å². The molecule has 0 radical (unpaired) electrons. The molecule has 0 aliphatic carbocycles. The molecule has 0 aromatic carbocycles. The van der Waals surface area contributed by atoms with Gasteiger partial charge in [0.25, 0.3) is 5.79 Å². The highest BCUT2D eigenvalue weighted by molar-refractivity contribution is 5.78. The van der Waals surface area contributed by atoms with E-state index >= 15 is 0 Å². The van der Waals surface area contributed by atoms with E-state index in [9.17, 15) is 122 Å². The van der Waals surface area contributed by atoms with Crippen LogP contribution in [0.15, 0.2) is 0 Å². The molecule has 6 saturated heterocycles. The smallest absolute Gasteiger partial charge is 0.364 e. The molecule has 0 aromatic heterocycles. The second-order valence-electron chi connectivity index (χ2n) is 19.7. The standard InChI is InChI=1S/C43H72N2O35/c1-10(53)44-20-33(77-41-30(66)36(24(60)15(6-49)73-41)80-43(42(68)69)2-11(54)19(45-18(56)9-52)34(79-43)21(57)12(55)3-46)22(58)13(4-47)71-38(20)78-35-23(59)14(5-48)72-40(29(35)65)76-32-17(8-51)74-39(28(64)26(32)62)75-31-16(7-50)70-37(67)27(63)25(31)61/h11-17,19-41,46-52,54-55,57-67H,2-9H2,1H3,(H,44,53)(H,45,56)(H,68,69)/t11-,12+,13+,14+,15+,16+,17+,19+,20+,21+,22-,23-,24-,25+,26+,27+,28+,29+,30+,31+,32-,33+,34+,35-,36-,37+,38-,39-,40+,41-,43-/m0/s1. The number of nitrogens with one attached hydrogen (secondary N) is 2. The quantitative estimate of drug-likeness (QED) is 0.0479. The molecule has 37 nitrogen and oxygen atoms in total. The predicted molar refractivity (Wildman–Crippen MR) is 241 cm³/mol. The summed E-state index contributed by atoms with van der Waals surface area (Å²) in [4.78, 5) is 38.1. The minimum atomic E-state index is -3.29. The number of aliphatic hydroxyl groups is 20. The van der Waals surface area contributed by atoms with Crippen LogP contribution < -0.4 is 10.6 Å². The zero-order valence-corrected chi connectivity index (χ0v) is 42.1. The van der Waals surface area contributed by atoms with Gasteiger partial charge in [-0.25, -0.2) is 4.79 Å². The van der Waals surface area contributed by atoms with Gasteiger partial charge in [0.05, 0.1) is 51.8 Å². The maximum absolute atomic E-state index is 13.1. The van der Waals surface area contributed by atoms with Crippen LogP contribution in [0.5, 0.6) is 0 Å². The maximum atomic E-state index is 13.1. The lowest BCUT2D eigenvalue weighted by molar-refractivity contribution is -0.392. The molecule has 0 aromatic rings. The van der Waals surface area contributed by atoms with E-state index in [-0.39, 0.29) is 0 Å². The van der Waals surface area contributed by atoms with Crippen molar-refractivity contribution in [2.45, 2.75) is 203 Å². The van der Waals surface area contributed by atoms with E-state index < -0.39 is 260 Å². The van der Waals surface area contributed by atoms with E-state index in [2.05, 4.69) is 10.6 Å². The van der Waals surface area contributed by atoms with Crippen molar-refractivity contribution in [3.63, 3.8) is 0 Å². The Labute approximate surface area is 451 Å². The van der Waals surface area contributed by atoms with Crippen molar-refractivity contribution in [1.82, 2.24) is 10.6 Å². The van der Waals surface area contributed by atoms with Crippen LogP contribution in [0.3, 0.4) is 0 Å². The van der Waals surface area contributed by atoms with Crippen molar-refractivity contribution in [3.05, 3.63) is 0 Å². The highest BCUT2D eigenvalue weighted by atomic mass is 16.8. The number of hydrogen-bond acceptors (Lipinski definition) is 34. The molecule has 31 atom stereocenters. The van der Waals surface area contributed by atoms with Crippen LogP contribution in [-0.2, 0) is 66.5 Å². The lowest BCUT2D eigenvalue weighted by Gasteiger charge is -2.51. The van der Waals surface area contributed by atoms with E-state index in [1.54, 1.807) is 0 Å². The van der Waals surface area contributed by atoms with Gasteiger partial charge in [-0.15, -0.1) is 0 Å². The van der Waals surface area contributed by atoms with E-state index in [0.29, 0.717) is 0 Å². The van der Waals surface area contributed by atoms with Crippen molar-refractivity contribution in [2.24, 2.45) is 0 Å². The lowest BCUT2D eigenvalue weighted by Crippen LogP contribution is -2.71. The van der Waals surface area contributed by atoms with Crippen LogP contribution in [0.2, 0.25) is 0 Å². The minimum Gasteiger partial charge on any atom is -0.477 e. The first kappa shape index (κ1) is 66.3. The second kappa shape index (κ2) is 28.4. The highest BCUT2D eigenvalue weighted by Gasteiger charge is 2.62. The largest absolute Gasteiger partial charge is 0.477 e. The number of rotatable bonds is 22. The summed E-state index contributed by atoms with van der Waals surface area (Å²) in [5, 5.41) is 228. The molecule has 6 heterocycles. The maximum Gasteiger partial charge on any atom is 0.364 e. The van der Waals surface area contributed by atoms with Gasteiger partial charge < -0.3 is 170 Å². The second-order valence-corrected chi connectivity index (χ2v) is 19.7. The van der Waals surface area contributed by atoms with Crippen LogP contribution in [0, 0.1) is 0 Å². The van der Waals surface area contributed by atoms with Crippen molar-refractivity contribution in [3.8, 4) is 0 Å². The minimum absolute atomic E-state index is 0.906. The van der Waals surface area contributed by atoms with Crippen molar-refractivity contribution >= 4 is 17.8 Å². The molecule has 0 spiro atoms. The molecule has 6 aliphatic heterocycles. The normalized spacial score (nSPS) is 47.2. The topological polar surface area (TPSA) is 602 Å². The van der Waals surface area contributed by atoms with Gasteiger partial charge in [-0.05, 0) is 0 Å². The Kier molecular flexibility index (Phi) is 23.5. The number of hydrogen-bond donors (Lipinski definition) is 23. The van der Waals surface area contributed by atoms with Crippen LogP contribution in [0.25, 0.3) is 0 Å². The number of carbonyl (C=O) groups excluding carboxylic acids is 2. The summed E-state index contributed by atoms with van der Waals surface area (Å²) in [6, 6.07) is -3.78. The van der Waals surface area contributed by atoms with E-state index in [1.807, 2.05) is 0 Å². The molecule has 37 heteroatoms. The average molecular weight is 1180 g/mol. The predicted octanol–water partition coefficient (Wildman–Crippen LogP) is -15.6. The molecule has 464 valence electrons. The van der Waals surface area contributed by atoms with Crippen molar-refractivity contribution < 1.29 is 174 Å². The first-order valence-electron chi connectivity index (χ1n) is 24.9. The Balaban J connectivity index is 1.25. The Morgan fingerprint density at radius 1 is 0.512 bits per heavy atom. The fourth-order valence-corrected chi connectivity index (χ4v) is 10.0. The molecule has 0 bridgehead atoms. The number of carboxylic acid groups (broad SMARTS) is 1. The molecule has 80 heavy (non-hydrogen) atoms. The number of carboxylic acids is 1. The summed E-state index contributed by atoms with van der Waals surface area (Å²) in [6.45, 7) is -6.82. The van der Waals surface area contributed by atoms with Gasteiger partial charge >= 0.3 is 5.97 Å². The average Bonchev–Trinajstić information content (AvgIpc) is 3.61. The lowest BCUT2D eigenvalue weighted by atomic mass is 9.88. The molecule has 23 N–H and O–H groups in total. The molecule has 0 saturated carbocycles. The van der Waals surface area contributed by atoms with Crippen LogP contribution in [-0.4, -0.2) is 361 Å². The van der Waals surface area contributed by atoms with Gasteiger partial charge in [-0.1, -0.05) is 0 Å². The first-order valence-corrected chi connectivity index (χ1v) is 24.9. The van der Waals surface area contributed by atoms with E-state index in [1.165, 1.54) is 0 Å². The summed E-state index contributed by atoms with van der Waals surface area (Å²) in [6.07, 6.45) is -59.4. The number of carbonyl (C=O) groups is 3. The zero-order valence-electron chi connectivity index (χ0n) is 42.1. The number of amides is 2. The highest BCUT2D eigenvalue weighted by Crippen LogP contribution is 2.40. The van der Waals surface area contributed by atoms with Gasteiger partial charge in [-0.3, -0.25) is 9.59 Å².